The number of ether oxygens (including phenoxy) is 2. The first-order valence-corrected chi connectivity index (χ1v) is 12.7. The van der Waals surface area contributed by atoms with Gasteiger partial charge in [0.15, 0.2) is 0 Å². The van der Waals surface area contributed by atoms with E-state index in [1.54, 1.807) is 13.0 Å². The number of carbonyl (C=O) groups excluding carboxylic acids is 1. The maximum Gasteiger partial charge on any atom is 0.338 e. The van der Waals surface area contributed by atoms with Gasteiger partial charge in [-0.1, -0.05) is 6.07 Å². The van der Waals surface area contributed by atoms with Gasteiger partial charge in [-0.25, -0.2) is 18.0 Å². The van der Waals surface area contributed by atoms with Gasteiger partial charge in [-0.3, -0.25) is 0 Å². The van der Waals surface area contributed by atoms with Crippen molar-refractivity contribution in [2.45, 2.75) is 37.7 Å². The molecule has 1 aliphatic carbocycles. The van der Waals surface area contributed by atoms with Gasteiger partial charge in [-0.15, -0.1) is 0 Å². The molecule has 0 N–H and O–H groups in total. The van der Waals surface area contributed by atoms with E-state index in [4.69, 9.17) is 13.9 Å². The Kier molecular flexibility index (Phi) is 6.01. The number of benzene rings is 2. The van der Waals surface area contributed by atoms with Crippen LogP contribution in [0.4, 0.5) is 0 Å². The van der Waals surface area contributed by atoms with Crippen molar-refractivity contribution in [1.29, 1.82) is 0 Å². The monoisotopic (exact) mass is 483 g/mol. The average molecular weight is 484 g/mol. The van der Waals surface area contributed by atoms with Crippen molar-refractivity contribution in [3.05, 3.63) is 74.6 Å². The quantitative estimate of drug-likeness (QED) is 0.406. The van der Waals surface area contributed by atoms with Crippen LogP contribution < -0.4 is 5.63 Å². The summed E-state index contributed by atoms with van der Waals surface area (Å²) in [5.74, 6) is -0.654. The summed E-state index contributed by atoms with van der Waals surface area (Å²) in [5, 5.41) is 0.744. The summed E-state index contributed by atoms with van der Waals surface area (Å²) in [4.78, 5) is 25.1. The number of rotatable bonds is 5. The van der Waals surface area contributed by atoms with Crippen LogP contribution in [0.1, 0.15) is 39.0 Å². The van der Waals surface area contributed by atoms with Gasteiger partial charge in [-0.2, -0.15) is 4.31 Å². The Labute approximate surface area is 197 Å². The number of aryl methyl sites for hydroxylation is 3. The standard InChI is InChI=1S/C25H25NO7S/c1-16-5-6-20(34(29,30)26-7-9-31-10-8-26)14-21(16)25(28)32-15-19-13-24(27)33-23-12-18-4-2-3-17(18)11-22(19)23/h5-6,11-14H,2-4,7-10,15H2,1H3. The lowest BCUT2D eigenvalue weighted by atomic mass is 10.0. The van der Waals surface area contributed by atoms with E-state index < -0.39 is 21.6 Å². The van der Waals surface area contributed by atoms with E-state index in [9.17, 15) is 18.0 Å². The first-order chi connectivity index (χ1) is 16.3. The van der Waals surface area contributed by atoms with Crippen LogP contribution >= 0.6 is 0 Å². The van der Waals surface area contributed by atoms with Gasteiger partial charge in [0.2, 0.25) is 10.0 Å². The predicted molar refractivity (Wildman–Crippen MR) is 124 cm³/mol. The molecule has 0 radical (unpaired) electrons. The van der Waals surface area contributed by atoms with Crippen molar-refractivity contribution >= 4 is 27.0 Å². The van der Waals surface area contributed by atoms with E-state index in [1.165, 1.54) is 33.6 Å². The maximum absolute atomic E-state index is 13.0. The zero-order chi connectivity index (χ0) is 23.9. The summed E-state index contributed by atoms with van der Waals surface area (Å²) in [7, 11) is -3.75. The Morgan fingerprint density at radius 3 is 2.56 bits per heavy atom. The highest BCUT2D eigenvalue weighted by Crippen LogP contribution is 2.29. The number of esters is 1. The molecule has 34 heavy (non-hydrogen) atoms. The summed E-state index contributed by atoms with van der Waals surface area (Å²) in [6.45, 7) is 2.80. The van der Waals surface area contributed by atoms with Crippen molar-refractivity contribution in [3.8, 4) is 0 Å². The number of sulfonamides is 1. The molecule has 0 amide bonds. The summed E-state index contributed by atoms with van der Waals surface area (Å²) in [6, 6.07) is 9.68. The zero-order valence-electron chi connectivity index (χ0n) is 18.8. The first kappa shape index (κ1) is 22.8. The Balaban J connectivity index is 1.41. The predicted octanol–water partition coefficient (Wildman–Crippen LogP) is 2.97. The molecule has 2 aliphatic rings. The molecule has 0 bridgehead atoms. The highest BCUT2D eigenvalue weighted by atomic mass is 32.2. The van der Waals surface area contributed by atoms with Crippen molar-refractivity contribution < 1.29 is 27.1 Å². The van der Waals surface area contributed by atoms with Crippen LogP contribution in [0.5, 0.6) is 0 Å². The second kappa shape index (κ2) is 8.98. The molecule has 2 aromatic carbocycles. The van der Waals surface area contributed by atoms with E-state index in [2.05, 4.69) is 0 Å². The number of hydrogen-bond donors (Lipinski definition) is 0. The van der Waals surface area contributed by atoms with Gasteiger partial charge in [0.25, 0.3) is 0 Å². The van der Waals surface area contributed by atoms with Crippen LogP contribution in [0.3, 0.4) is 0 Å². The molecule has 0 unspecified atom stereocenters. The normalized spacial score (nSPS) is 16.5. The van der Waals surface area contributed by atoms with E-state index in [1.807, 2.05) is 12.1 Å². The van der Waals surface area contributed by atoms with Gasteiger partial charge in [-0.05, 0) is 67.1 Å². The Morgan fingerprint density at radius 2 is 1.79 bits per heavy atom. The summed E-state index contributed by atoms with van der Waals surface area (Å²) >= 11 is 0. The van der Waals surface area contributed by atoms with Gasteiger partial charge in [0, 0.05) is 30.1 Å². The second-order valence-electron chi connectivity index (χ2n) is 8.63. The van der Waals surface area contributed by atoms with Crippen molar-refractivity contribution in [2.75, 3.05) is 26.3 Å². The van der Waals surface area contributed by atoms with E-state index in [-0.39, 0.29) is 30.2 Å². The molecule has 0 spiro atoms. The van der Waals surface area contributed by atoms with Crippen molar-refractivity contribution in [2.24, 2.45) is 0 Å². The largest absolute Gasteiger partial charge is 0.457 e. The van der Waals surface area contributed by atoms with Crippen LogP contribution in [0.25, 0.3) is 11.0 Å². The third-order valence-corrected chi connectivity index (χ3v) is 8.33. The topological polar surface area (TPSA) is 103 Å². The SMILES string of the molecule is Cc1ccc(S(=O)(=O)N2CCOCC2)cc1C(=O)OCc1cc(=O)oc2cc3c(cc12)CCC3. The molecule has 9 heteroatoms. The lowest BCUT2D eigenvalue weighted by Crippen LogP contribution is -2.40. The smallest absolute Gasteiger partial charge is 0.338 e. The van der Waals surface area contributed by atoms with Gasteiger partial charge in [0.1, 0.15) is 12.2 Å². The molecule has 3 aromatic rings. The van der Waals surface area contributed by atoms with Crippen LogP contribution in [0.15, 0.2) is 50.5 Å². The Morgan fingerprint density at radius 1 is 1.06 bits per heavy atom. The number of carbonyl (C=O) groups is 1. The average Bonchev–Trinajstić information content (AvgIpc) is 3.29. The molecule has 178 valence electrons. The minimum absolute atomic E-state index is 0.0355. The third kappa shape index (κ3) is 4.26. The summed E-state index contributed by atoms with van der Waals surface area (Å²) in [6.07, 6.45) is 2.98. The number of morpholine rings is 1. The minimum atomic E-state index is -3.75. The molecule has 1 fully saturated rings. The molecule has 5 rings (SSSR count). The fourth-order valence-electron chi connectivity index (χ4n) is 4.55. The summed E-state index contributed by atoms with van der Waals surface area (Å²) in [5.41, 5.74) is 3.69. The Hall–Kier alpha value is -3.01. The lowest BCUT2D eigenvalue weighted by Gasteiger charge is -2.26. The molecule has 2 heterocycles. The van der Waals surface area contributed by atoms with Crippen LogP contribution in [-0.4, -0.2) is 45.0 Å². The third-order valence-electron chi connectivity index (χ3n) is 6.44. The van der Waals surface area contributed by atoms with Crippen molar-refractivity contribution in [3.63, 3.8) is 0 Å². The number of fused-ring (bicyclic) bond motifs is 2. The van der Waals surface area contributed by atoms with E-state index in [0.29, 0.717) is 29.9 Å². The molecule has 0 atom stereocenters. The van der Waals surface area contributed by atoms with Gasteiger partial charge < -0.3 is 13.9 Å². The second-order valence-corrected chi connectivity index (χ2v) is 10.6. The number of hydrogen-bond acceptors (Lipinski definition) is 7. The molecular formula is C25H25NO7S. The minimum Gasteiger partial charge on any atom is -0.457 e. The lowest BCUT2D eigenvalue weighted by molar-refractivity contribution is 0.0472. The van der Waals surface area contributed by atoms with Gasteiger partial charge >= 0.3 is 11.6 Å². The maximum atomic E-state index is 13.0. The molecule has 0 saturated carbocycles. The molecular weight excluding hydrogens is 458 g/mol. The fourth-order valence-corrected chi connectivity index (χ4v) is 5.99. The molecule has 1 aliphatic heterocycles. The highest BCUT2D eigenvalue weighted by molar-refractivity contribution is 7.89. The molecule has 1 saturated heterocycles. The highest BCUT2D eigenvalue weighted by Gasteiger charge is 2.27. The Bertz CT molecular complexity index is 1440. The zero-order valence-corrected chi connectivity index (χ0v) is 19.7. The number of nitrogens with zero attached hydrogens (tertiary/aromatic N) is 1. The van der Waals surface area contributed by atoms with Crippen LogP contribution in [0.2, 0.25) is 0 Å². The fraction of sp³-hybridized carbons (Fsp3) is 0.360. The summed E-state index contributed by atoms with van der Waals surface area (Å²) < 4.78 is 43.5. The van der Waals surface area contributed by atoms with E-state index in [0.717, 1.165) is 24.6 Å². The van der Waals surface area contributed by atoms with E-state index >= 15 is 0 Å². The van der Waals surface area contributed by atoms with Crippen LogP contribution in [-0.2, 0) is 38.9 Å². The molecule has 8 nitrogen and oxygen atoms in total. The van der Waals surface area contributed by atoms with Gasteiger partial charge in [0.05, 0.1) is 23.7 Å². The van der Waals surface area contributed by atoms with Crippen LogP contribution in [0, 0.1) is 6.92 Å². The van der Waals surface area contributed by atoms with Crippen molar-refractivity contribution in [1.82, 2.24) is 4.31 Å². The first-order valence-electron chi connectivity index (χ1n) is 11.3. The molecule has 1 aromatic heterocycles.